The van der Waals surface area contributed by atoms with E-state index in [4.69, 9.17) is 14.2 Å². The molecule has 0 N–H and O–H groups in total. The maximum absolute atomic E-state index is 12.3. The van der Waals surface area contributed by atoms with Gasteiger partial charge in [0.2, 0.25) is 5.90 Å². The minimum absolute atomic E-state index is 0.218. The van der Waals surface area contributed by atoms with Crippen molar-refractivity contribution in [2.75, 3.05) is 14.2 Å². The fourth-order valence-electron chi connectivity index (χ4n) is 3.05. The Morgan fingerprint density at radius 2 is 1.52 bits per heavy atom. The normalized spacial score (nSPS) is 14.5. The summed E-state index contributed by atoms with van der Waals surface area (Å²) in [4.78, 5) is 16.7. The first-order valence-corrected chi connectivity index (χ1v) is 9.08. The van der Waals surface area contributed by atoms with Gasteiger partial charge in [-0.05, 0) is 41.5 Å². The van der Waals surface area contributed by atoms with Gasteiger partial charge in [0.05, 0.1) is 14.2 Å². The summed E-state index contributed by atoms with van der Waals surface area (Å²) in [6, 6.07) is 23.2. The van der Waals surface area contributed by atoms with Gasteiger partial charge in [0.15, 0.2) is 5.70 Å². The van der Waals surface area contributed by atoms with Crippen molar-refractivity contribution in [1.82, 2.24) is 0 Å². The third kappa shape index (κ3) is 3.89. The van der Waals surface area contributed by atoms with Crippen LogP contribution in [0.5, 0.6) is 11.5 Å². The molecule has 5 heteroatoms. The zero-order chi connectivity index (χ0) is 20.2. The molecule has 5 nitrogen and oxygen atoms in total. The number of ether oxygens (including phenoxy) is 3. The number of aliphatic imine (C=N–C) groups is 1. The number of nitrogens with zero attached hydrogens (tertiary/aromatic N) is 1. The molecule has 3 aromatic carbocycles. The van der Waals surface area contributed by atoms with E-state index >= 15 is 0 Å². The van der Waals surface area contributed by atoms with Crippen LogP contribution in [-0.4, -0.2) is 26.1 Å². The second kappa shape index (κ2) is 8.02. The first-order chi connectivity index (χ1) is 14.2. The Morgan fingerprint density at radius 1 is 0.828 bits per heavy atom. The number of esters is 1. The van der Waals surface area contributed by atoms with E-state index in [0.717, 1.165) is 16.7 Å². The number of rotatable bonds is 5. The number of carbonyl (C=O) groups is 1. The van der Waals surface area contributed by atoms with Crippen LogP contribution in [0.3, 0.4) is 0 Å². The molecule has 0 saturated carbocycles. The van der Waals surface area contributed by atoms with Crippen LogP contribution in [-0.2, 0) is 9.53 Å². The molecule has 1 heterocycles. The Labute approximate surface area is 168 Å². The highest BCUT2D eigenvalue weighted by atomic mass is 16.6. The average Bonchev–Trinajstić information content (AvgIpc) is 3.15. The number of benzene rings is 3. The highest BCUT2D eigenvalue weighted by molar-refractivity contribution is 6.13. The molecule has 0 saturated heterocycles. The molecule has 0 spiro atoms. The molecule has 0 amide bonds. The smallest absolute Gasteiger partial charge is 0.363 e. The highest BCUT2D eigenvalue weighted by Gasteiger charge is 2.24. The molecule has 0 bridgehead atoms. The molecular formula is C24H19NO4. The summed E-state index contributed by atoms with van der Waals surface area (Å²) in [5.74, 6) is 1.04. The number of methoxy groups -OCH3 is 2. The third-order valence-corrected chi connectivity index (χ3v) is 4.59. The SMILES string of the molecule is COc1ccc(C=C2N=C(c3ccc(-c4ccccc4)cc3)OC2=O)c(OC)c1. The number of carbonyl (C=O) groups excluding carboxylic acids is 1. The molecule has 144 valence electrons. The first-order valence-electron chi connectivity index (χ1n) is 9.08. The van der Waals surface area contributed by atoms with Crippen molar-refractivity contribution < 1.29 is 19.0 Å². The molecule has 0 fully saturated rings. The molecule has 1 aliphatic rings. The van der Waals surface area contributed by atoms with Crippen molar-refractivity contribution in [1.29, 1.82) is 0 Å². The maximum atomic E-state index is 12.3. The largest absolute Gasteiger partial charge is 0.497 e. The van der Waals surface area contributed by atoms with Crippen molar-refractivity contribution >= 4 is 17.9 Å². The Balaban J connectivity index is 1.62. The molecule has 3 aromatic rings. The quantitative estimate of drug-likeness (QED) is 0.471. The van der Waals surface area contributed by atoms with Crippen molar-refractivity contribution in [3.63, 3.8) is 0 Å². The molecule has 0 atom stereocenters. The maximum Gasteiger partial charge on any atom is 0.363 e. The second-order valence-electron chi connectivity index (χ2n) is 6.39. The molecule has 4 rings (SSSR count). The van der Waals surface area contributed by atoms with Crippen LogP contribution in [0.4, 0.5) is 0 Å². The van der Waals surface area contributed by atoms with Crippen LogP contribution >= 0.6 is 0 Å². The van der Waals surface area contributed by atoms with Gasteiger partial charge in [-0.1, -0.05) is 42.5 Å². The van der Waals surface area contributed by atoms with Crippen LogP contribution in [0.25, 0.3) is 17.2 Å². The molecule has 1 aliphatic heterocycles. The van der Waals surface area contributed by atoms with Crippen LogP contribution in [0.15, 0.2) is 83.5 Å². The Morgan fingerprint density at radius 3 is 2.21 bits per heavy atom. The van der Waals surface area contributed by atoms with Crippen molar-refractivity contribution in [2.45, 2.75) is 0 Å². The molecule has 0 aromatic heterocycles. The van der Waals surface area contributed by atoms with Gasteiger partial charge < -0.3 is 14.2 Å². The molecule has 29 heavy (non-hydrogen) atoms. The van der Waals surface area contributed by atoms with E-state index in [2.05, 4.69) is 4.99 Å². The van der Waals surface area contributed by atoms with Gasteiger partial charge in [0.1, 0.15) is 11.5 Å². The molecule has 0 unspecified atom stereocenters. The Bertz CT molecular complexity index is 1100. The summed E-state index contributed by atoms with van der Waals surface area (Å²) < 4.78 is 15.9. The predicted octanol–water partition coefficient (Wildman–Crippen LogP) is 4.72. The van der Waals surface area contributed by atoms with Crippen LogP contribution in [0, 0.1) is 0 Å². The summed E-state index contributed by atoms with van der Waals surface area (Å²) in [7, 11) is 3.15. The predicted molar refractivity (Wildman–Crippen MR) is 112 cm³/mol. The van der Waals surface area contributed by atoms with Gasteiger partial charge in [-0.25, -0.2) is 9.79 Å². The summed E-state index contributed by atoms with van der Waals surface area (Å²) in [5, 5.41) is 0. The number of hydrogen-bond acceptors (Lipinski definition) is 5. The van der Waals surface area contributed by atoms with Crippen molar-refractivity contribution in [3.8, 4) is 22.6 Å². The van der Waals surface area contributed by atoms with E-state index in [1.807, 2.05) is 54.6 Å². The fraction of sp³-hybridized carbons (Fsp3) is 0.0833. The molecular weight excluding hydrogens is 366 g/mol. The third-order valence-electron chi connectivity index (χ3n) is 4.59. The molecule has 0 aliphatic carbocycles. The highest BCUT2D eigenvalue weighted by Crippen LogP contribution is 2.28. The summed E-state index contributed by atoms with van der Waals surface area (Å²) in [6.07, 6.45) is 1.64. The van der Waals surface area contributed by atoms with Crippen LogP contribution in [0.1, 0.15) is 11.1 Å². The fourth-order valence-corrected chi connectivity index (χ4v) is 3.05. The van der Waals surface area contributed by atoms with E-state index < -0.39 is 5.97 Å². The lowest BCUT2D eigenvalue weighted by Gasteiger charge is -2.07. The van der Waals surface area contributed by atoms with Gasteiger partial charge in [-0.15, -0.1) is 0 Å². The topological polar surface area (TPSA) is 57.1 Å². The first kappa shape index (κ1) is 18.5. The van der Waals surface area contributed by atoms with E-state index in [1.54, 1.807) is 38.5 Å². The van der Waals surface area contributed by atoms with E-state index in [0.29, 0.717) is 17.1 Å². The summed E-state index contributed by atoms with van der Waals surface area (Å²) >= 11 is 0. The average molecular weight is 385 g/mol. The van der Waals surface area contributed by atoms with E-state index in [9.17, 15) is 4.79 Å². The standard InChI is InChI=1S/C24H19NO4/c1-27-20-13-12-19(22(15-20)28-2)14-21-24(26)29-23(25-21)18-10-8-17(9-11-18)16-6-4-3-5-7-16/h3-15H,1-2H3. The van der Waals surface area contributed by atoms with E-state index in [1.165, 1.54) is 0 Å². The Hall–Kier alpha value is -3.86. The van der Waals surface area contributed by atoms with Crippen LogP contribution < -0.4 is 9.47 Å². The van der Waals surface area contributed by atoms with Crippen molar-refractivity contribution in [3.05, 3.63) is 89.6 Å². The lowest BCUT2D eigenvalue weighted by atomic mass is 10.0. The van der Waals surface area contributed by atoms with Gasteiger partial charge >= 0.3 is 5.97 Å². The van der Waals surface area contributed by atoms with Crippen LogP contribution in [0.2, 0.25) is 0 Å². The zero-order valence-corrected chi connectivity index (χ0v) is 16.1. The monoisotopic (exact) mass is 385 g/mol. The second-order valence-corrected chi connectivity index (χ2v) is 6.39. The lowest BCUT2D eigenvalue weighted by molar-refractivity contribution is -0.129. The zero-order valence-electron chi connectivity index (χ0n) is 16.1. The van der Waals surface area contributed by atoms with E-state index in [-0.39, 0.29) is 11.6 Å². The summed E-state index contributed by atoms with van der Waals surface area (Å²) in [6.45, 7) is 0. The summed E-state index contributed by atoms with van der Waals surface area (Å²) in [5.41, 5.74) is 3.87. The minimum atomic E-state index is -0.495. The Kier molecular flexibility index (Phi) is 5.12. The molecule has 0 radical (unpaired) electrons. The van der Waals surface area contributed by atoms with Gasteiger partial charge in [-0.2, -0.15) is 0 Å². The lowest BCUT2D eigenvalue weighted by Crippen LogP contribution is -2.05. The van der Waals surface area contributed by atoms with Crippen molar-refractivity contribution in [2.24, 2.45) is 4.99 Å². The van der Waals surface area contributed by atoms with Gasteiger partial charge in [-0.3, -0.25) is 0 Å². The van der Waals surface area contributed by atoms with Gasteiger partial charge in [0.25, 0.3) is 0 Å². The number of hydrogen-bond donors (Lipinski definition) is 0. The van der Waals surface area contributed by atoms with Gasteiger partial charge in [0, 0.05) is 17.2 Å². The minimum Gasteiger partial charge on any atom is -0.497 e. The number of cyclic esters (lactones) is 1.